The normalized spacial score (nSPS) is 18.7. The number of methoxy groups -OCH3 is 2. The van der Waals surface area contributed by atoms with Crippen LogP contribution in [0.15, 0.2) is 18.2 Å². The monoisotopic (exact) mass is 348 g/mol. The highest BCUT2D eigenvalue weighted by Crippen LogP contribution is 2.23. The second-order valence-corrected chi connectivity index (χ2v) is 8.12. The first-order valence-electron chi connectivity index (χ1n) is 9.04. The quantitative estimate of drug-likeness (QED) is 0.858. The summed E-state index contributed by atoms with van der Waals surface area (Å²) < 4.78 is 10.5. The number of nitrogens with zero attached hydrogens (tertiary/aromatic N) is 1. The molecule has 25 heavy (non-hydrogen) atoms. The van der Waals surface area contributed by atoms with Gasteiger partial charge in [-0.25, -0.2) is 0 Å². The molecule has 1 aromatic rings. The van der Waals surface area contributed by atoms with Gasteiger partial charge >= 0.3 is 0 Å². The predicted octanol–water partition coefficient (Wildman–Crippen LogP) is 3.19. The molecule has 1 aromatic carbocycles. The first-order valence-corrected chi connectivity index (χ1v) is 9.04. The lowest BCUT2D eigenvalue weighted by molar-refractivity contribution is 0.0916. The molecule has 0 aliphatic carbocycles. The molecule has 0 saturated carbocycles. The predicted molar refractivity (Wildman–Crippen MR) is 100 cm³/mol. The number of nitrogens with one attached hydrogen (secondary N) is 1. The Labute approximate surface area is 151 Å². The molecule has 140 valence electrons. The largest absolute Gasteiger partial charge is 0.497 e. The van der Waals surface area contributed by atoms with Crippen molar-refractivity contribution in [1.82, 2.24) is 10.2 Å². The van der Waals surface area contributed by atoms with E-state index in [0.717, 1.165) is 19.6 Å². The fourth-order valence-electron chi connectivity index (χ4n) is 3.41. The van der Waals surface area contributed by atoms with Crippen LogP contribution >= 0.6 is 0 Å². The van der Waals surface area contributed by atoms with Gasteiger partial charge in [0.25, 0.3) is 5.91 Å². The summed E-state index contributed by atoms with van der Waals surface area (Å²) >= 11 is 0. The number of carbonyl (C=O) groups excluding carboxylic acids is 1. The fourth-order valence-corrected chi connectivity index (χ4v) is 3.41. The third-order valence-corrected chi connectivity index (χ3v) is 4.47. The van der Waals surface area contributed by atoms with Crippen molar-refractivity contribution < 1.29 is 14.3 Å². The molecule has 1 heterocycles. The molecule has 0 spiro atoms. The molecule has 1 aliphatic rings. The maximum Gasteiger partial charge on any atom is 0.251 e. The molecule has 1 aliphatic heterocycles. The summed E-state index contributed by atoms with van der Waals surface area (Å²) in [6, 6.07) is 5.25. The maximum atomic E-state index is 12.5. The Kier molecular flexibility index (Phi) is 6.71. The molecular formula is C20H32N2O3. The highest BCUT2D eigenvalue weighted by Gasteiger charge is 2.24. The van der Waals surface area contributed by atoms with Crippen molar-refractivity contribution in [2.75, 3.05) is 40.4 Å². The van der Waals surface area contributed by atoms with Gasteiger partial charge in [0.2, 0.25) is 0 Å². The van der Waals surface area contributed by atoms with Gasteiger partial charge in [0.1, 0.15) is 11.5 Å². The number of ether oxygens (including phenoxy) is 2. The fraction of sp³-hybridized carbons (Fsp3) is 0.650. The van der Waals surface area contributed by atoms with Crippen molar-refractivity contribution >= 4 is 5.91 Å². The summed E-state index contributed by atoms with van der Waals surface area (Å²) in [6.07, 6.45) is 2.37. The average molecular weight is 348 g/mol. The molecule has 5 nitrogen and oxygen atoms in total. The Bertz CT molecular complexity index is 559. The molecule has 2 rings (SSSR count). The molecule has 5 heteroatoms. The Morgan fingerprint density at radius 3 is 2.40 bits per heavy atom. The van der Waals surface area contributed by atoms with Crippen LogP contribution in [0, 0.1) is 11.3 Å². The number of benzene rings is 1. The summed E-state index contributed by atoms with van der Waals surface area (Å²) in [7, 11) is 3.17. The first-order chi connectivity index (χ1) is 11.8. The van der Waals surface area contributed by atoms with Crippen LogP contribution in [0.3, 0.4) is 0 Å². The SMILES string of the molecule is COc1cc(OC)cc(C(=O)NC[C@@H]2CCCN(CC(C)(C)C)C2)c1. The van der Waals surface area contributed by atoms with Gasteiger partial charge in [0, 0.05) is 31.3 Å². The molecule has 1 N–H and O–H groups in total. The minimum atomic E-state index is -0.0786. The van der Waals surface area contributed by atoms with Gasteiger partial charge in [0.05, 0.1) is 14.2 Å². The number of piperidine rings is 1. The van der Waals surface area contributed by atoms with Crippen LogP contribution in [0.4, 0.5) is 0 Å². The Hall–Kier alpha value is -1.75. The van der Waals surface area contributed by atoms with E-state index in [1.807, 2.05) is 0 Å². The first kappa shape index (κ1) is 19.6. The van der Waals surface area contributed by atoms with Crippen LogP contribution in [-0.4, -0.2) is 51.2 Å². The van der Waals surface area contributed by atoms with Gasteiger partial charge in [-0.1, -0.05) is 20.8 Å². The van der Waals surface area contributed by atoms with Crippen LogP contribution < -0.4 is 14.8 Å². The molecule has 1 fully saturated rings. The second-order valence-electron chi connectivity index (χ2n) is 8.12. The zero-order valence-corrected chi connectivity index (χ0v) is 16.2. The number of hydrogen-bond acceptors (Lipinski definition) is 4. The van der Waals surface area contributed by atoms with Gasteiger partial charge in [-0.05, 0) is 42.9 Å². The summed E-state index contributed by atoms with van der Waals surface area (Å²) in [5, 5.41) is 3.08. The lowest BCUT2D eigenvalue weighted by Crippen LogP contribution is -2.43. The lowest BCUT2D eigenvalue weighted by Gasteiger charge is -2.36. The average Bonchev–Trinajstić information content (AvgIpc) is 2.58. The minimum Gasteiger partial charge on any atom is -0.497 e. The minimum absolute atomic E-state index is 0.0786. The third kappa shape index (κ3) is 6.24. The number of carbonyl (C=O) groups is 1. The van der Waals surface area contributed by atoms with E-state index in [0.29, 0.717) is 34.9 Å². The number of hydrogen-bond donors (Lipinski definition) is 1. The summed E-state index contributed by atoms with van der Waals surface area (Å²) in [5.41, 5.74) is 0.876. The van der Waals surface area contributed by atoms with E-state index in [-0.39, 0.29) is 5.91 Å². The van der Waals surface area contributed by atoms with Crippen LogP contribution in [-0.2, 0) is 0 Å². The molecular weight excluding hydrogens is 316 g/mol. The van der Waals surface area contributed by atoms with E-state index in [1.165, 1.54) is 12.8 Å². The molecule has 1 amide bonds. The van der Waals surface area contributed by atoms with Crippen molar-refractivity contribution in [3.05, 3.63) is 23.8 Å². The van der Waals surface area contributed by atoms with Gasteiger partial charge in [-0.3, -0.25) is 4.79 Å². The van der Waals surface area contributed by atoms with E-state index in [2.05, 4.69) is 31.0 Å². The van der Waals surface area contributed by atoms with Crippen LogP contribution in [0.5, 0.6) is 11.5 Å². The number of rotatable bonds is 6. The zero-order chi connectivity index (χ0) is 18.4. The third-order valence-electron chi connectivity index (χ3n) is 4.47. The van der Waals surface area contributed by atoms with Gasteiger partial charge < -0.3 is 19.7 Å². The Morgan fingerprint density at radius 2 is 1.84 bits per heavy atom. The summed E-state index contributed by atoms with van der Waals surface area (Å²) in [5.74, 6) is 1.68. The summed E-state index contributed by atoms with van der Waals surface area (Å²) in [6.45, 7) is 10.8. The van der Waals surface area contributed by atoms with Crippen molar-refractivity contribution in [3.63, 3.8) is 0 Å². The zero-order valence-electron chi connectivity index (χ0n) is 16.2. The van der Waals surface area contributed by atoms with Crippen molar-refractivity contribution in [2.45, 2.75) is 33.6 Å². The van der Waals surface area contributed by atoms with Crippen LogP contribution in [0.25, 0.3) is 0 Å². The molecule has 0 radical (unpaired) electrons. The van der Waals surface area contributed by atoms with Crippen molar-refractivity contribution in [3.8, 4) is 11.5 Å². The van der Waals surface area contributed by atoms with Crippen LogP contribution in [0.1, 0.15) is 44.0 Å². The van der Waals surface area contributed by atoms with E-state index < -0.39 is 0 Å². The van der Waals surface area contributed by atoms with E-state index in [9.17, 15) is 4.79 Å². The molecule has 1 atom stereocenters. The Balaban J connectivity index is 1.91. The molecule has 0 unspecified atom stereocenters. The van der Waals surface area contributed by atoms with E-state index in [4.69, 9.17) is 9.47 Å². The smallest absolute Gasteiger partial charge is 0.251 e. The number of amides is 1. The van der Waals surface area contributed by atoms with E-state index in [1.54, 1.807) is 32.4 Å². The van der Waals surface area contributed by atoms with Crippen molar-refractivity contribution in [2.24, 2.45) is 11.3 Å². The lowest BCUT2D eigenvalue weighted by atomic mass is 9.92. The standard InChI is InChI=1S/C20H32N2O3/c1-20(2,3)14-22-8-6-7-15(13-22)12-21-19(23)16-9-17(24-4)11-18(10-16)25-5/h9-11,15H,6-8,12-14H2,1-5H3,(H,21,23)/t15-/m0/s1. The molecule has 1 saturated heterocycles. The highest BCUT2D eigenvalue weighted by atomic mass is 16.5. The Morgan fingerprint density at radius 1 is 1.20 bits per heavy atom. The molecule has 0 bridgehead atoms. The topological polar surface area (TPSA) is 50.8 Å². The van der Waals surface area contributed by atoms with Crippen LogP contribution in [0.2, 0.25) is 0 Å². The number of likely N-dealkylation sites (tertiary alicyclic amines) is 1. The van der Waals surface area contributed by atoms with Gasteiger partial charge in [-0.15, -0.1) is 0 Å². The second kappa shape index (κ2) is 8.56. The van der Waals surface area contributed by atoms with Crippen molar-refractivity contribution in [1.29, 1.82) is 0 Å². The van der Waals surface area contributed by atoms with Gasteiger partial charge in [-0.2, -0.15) is 0 Å². The summed E-state index contributed by atoms with van der Waals surface area (Å²) in [4.78, 5) is 15.0. The van der Waals surface area contributed by atoms with E-state index >= 15 is 0 Å². The molecule has 0 aromatic heterocycles. The highest BCUT2D eigenvalue weighted by molar-refractivity contribution is 5.95. The maximum absolute atomic E-state index is 12.5. The van der Waals surface area contributed by atoms with Gasteiger partial charge in [0.15, 0.2) is 0 Å².